The molecule has 0 aliphatic heterocycles. The summed E-state index contributed by atoms with van der Waals surface area (Å²) < 4.78 is 76.5. The van der Waals surface area contributed by atoms with E-state index < -0.39 is 35.0 Å². The zero-order chi connectivity index (χ0) is 28.7. The van der Waals surface area contributed by atoms with Crippen molar-refractivity contribution in [3.63, 3.8) is 0 Å². The molecule has 2 aliphatic rings. The molecule has 1 aromatic carbocycles. The number of alkyl halides is 2. The third-order valence-corrected chi connectivity index (χ3v) is 9.01. The molecule has 0 N–H and O–H groups in total. The van der Waals surface area contributed by atoms with Crippen LogP contribution in [0.2, 0.25) is 0 Å². The summed E-state index contributed by atoms with van der Waals surface area (Å²) in [4.78, 5) is 3.88. The number of benzene rings is 1. The first-order valence-electron chi connectivity index (χ1n) is 15.8. The molecule has 40 heavy (non-hydrogen) atoms. The van der Waals surface area contributed by atoms with Crippen LogP contribution in [0.25, 0.3) is 0 Å². The fraction of sp³-hybridized carbons (Fsp3) is 0.676. The fourth-order valence-corrected chi connectivity index (χ4v) is 6.40. The number of aryl methyl sites for hydroxylation is 2. The summed E-state index contributed by atoms with van der Waals surface area (Å²) in [5.41, 5.74) is -0.207. The van der Waals surface area contributed by atoms with Gasteiger partial charge in [0, 0.05) is 11.3 Å². The molecule has 2 aliphatic carbocycles. The van der Waals surface area contributed by atoms with Crippen molar-refractivity contribution in [1.29, 1.82) is 0 Å². The van der Waals surface area contributed by atoms with Crippen LogP contribution in [0.4, 0.5) is 22.0 Å². The van der Waals surface area contributed by atoms with Gasteiger partial charge in [-0.05, 0) is 61.1 Å². The minimum Gasteiger partial charge on any atom is -0.224 e. The van der Waals surface area contributed by atoms with E-state index in [1.807, 2.05) is 0 Å². The summed E-state index contributed by atoms with van der Waals surface area (Å²) in [5, 5.41) is 0. The number of unbranched alkanes of at least 4 members (excludes halogenated alkanes) is 7. The Balaban J connectivity index is 1.35. The molecule has 0 bridgehead atoms. The van der Waals surface area contributed by atoms with E-state index in [-0.39, 0.29) is 35.4 Å². The zero-order valence-corrected chi connectivity index (χ0v) is 24.3. The van der Waals surface area contributed by atoms with E-state index in [1.165, 1.54) is 50.7 Å². The van der Waals surface area contributed by atoms with Gasteiger partial charge in [0.15, 0.2) is 11.6 Å². The topological polar surface area (TPSA) is 12.9 Å². The number of rotatable bonds is 16. The van der Waals surface area contributed by atoms with Crippen molar-refractivity contribution in [2.24, 2.45) is 11.8 Å². The third-order valence-electron chi connectivity index (χ3n) is 9.01. The van der Waals surface area contributed by atoms with Crippen molar-refractivity contribution in [2.75, 3.05) is 0 Å². The van der Waals surface area contributed by atoms with Crippen molar-refractivity contribution >= 4 is 0 Å². The van der Waals surface area contributed by atoms with E-state index in [2.05, 4.69) is 18.8 Å². The molecule has 2 aromatic rings. The Bertz CT molecular complexity index is 1110. The van der Waals surface area contributed by atoms with Crippen LogP contribution in [0, 0.1) is 29.4 Å². The summed E-state index contributed by atoms with van der Waals surface area (Å²) >= 11 is 0. The van der Waals surface area contributed by atoms with Crippen LogP contribution in [-0.4, -0.2) is 4.98 Å². The maximum Gasteiger partial charge on any atom is 0.284 e. The molecule has 1 nitrogen and oxygen atoms in total. The average molecular weight is 564 g/mol. The van der Waals surface area contributed by atoms with Crippen LogP contribution in [0.1, 0.15) is 138 Å². The Hall–Kier alpha value is -1.98. The van der Waals surface area contributed by atoms with Crippen LogP contribution >= 0.6 is 0 Å². The predicted molar refractivity (Wildman–Crippen MR) is 151 cm³/mol. The molecule has 1 fully saturated rings. The van der Waals surface area contributed by atoms with E-state index in [9.17, 15) is 4.39 Å². The Morgan fingerprint density at radius 1 is 0.900 bits per heavy atom. The minimum atomic E-state index is -3.68. The molecule has 1 saturated carbocycles. The van der Waals surface area contributed by atoms with Gasteiger partial charge >= 0.3 is 0 Å². The molecule has 0 spiro atoms. The van der Waals surface area contributed by atoms with E-state index in [0.29, 0.717) is 18.5 Å². The summed E-state index contributed by atoms with van der Waals surface area (Å²) in [6.07, 6.45) is 16.0. The van der Waals surface area contributed by atoms with Gasteiger partial charge < -0.3 is 0 Å². The lowest BCUT2D eigenvalue weighted by molar-refractivity contribution is -0.0486. The molecule has 0 radical (unpaired) electrons. The van der Waals surface area contributed by atoms with Crippen LogP contribution in [-0.2, 0) is 25.2 Å². The van der Waals surface area contributed by atoms with E-state index in [4.69, 9.17) is 0 Å². The number of hydrogen-bond acceptors (Lipinski definition) is 1. The predicted octanol–water partition coefficient (Wildman–Crippen LogP) is 10.8. The van der Waals surface area contributed by atoms with Crippen molar-refractivity contribution < 1.29 is 22.0 Å². The van der Waals surface area contributed by atoms with Crippen LogP contribution in [0.3, 0.4) is 0 Å². The zero-order valence-electron chi connectivity index (χ0n) is 24.3. The molecule has 2 atom stereocenters. The third kappa shape index (κ3) is 7.85. The van der Waals surface area contributed by atoms with Gasteiger partial charge in [0.05, 0.1) is 11.5 Å². The number of fused-ring (bicyclic) bond motifs is 1. The molecule has 0 amide bonds. The summed E-state index contributed by atoms with van der Waals surface area (Å²) in [6, 6.07) is 4.30. The maximum absolute atomic E-state index is 15.7. The fourth-order valence-electron chi connectivity index (χ4n) is 6.40. The van der Waals surface area contributed by atoms with E-state index in [1.54, 1.807) is 6.07 Å². The number of nitrogens with zero attached hydrogens (tertiary/aromatic N) is 1. The van der Waals surface area contributed by atoms with Gasteiger partial charge in [-0.25, -0.2) is 22.5 Å². The standard InChI is InChI=1S/C34H46F5N/c1-3-4-12-23(2)21-27-22-26-18-20-29(34(38,39)30(26)33(37)40-27)28-19-17-25(31(35)32(28)36)14-11-9-7-5-6-8-10-13-24-15-16-24/h17,19,22-24,29H,3-16,18,20-21H2,1-2H3. The molecular formula is C34H46F5N. The van der Waals surface area contributed by atoms with Crippen molar-refractivity contribution in [3.8, 4) is 0 Å². The van der Waals surface area contributed by atoms with Crippen molar-refractivity contribution in [1.82, 2.24) is 4.98 Å². The first-order chi connectivity index (χ1) is 19.2. The Kier molecular flexibility index (Phi) is 11.0. The maximum atomic E-state index is 15.7. The highest BCUT2D eigenvalue weighted by Crippen LogP contribution is 2.51. The normalized spacial score (nSPS) is 19.0. The Morgan fingerprint density at radius 3 is 2.30 bits per heavy atom. The smallest absolute Gasteiger partial charge is 0.224 e. The largest absolute Gasteiger partial charge is 0.284 e. The second-order valence-corrected chi connectivity index (χ2v) is 12.5. The van der Waals surface area contributed by atoms with Gasteiger partial charge in [-0.15, -0.1) is 0 Å². The van der Waals surface area contributed by atoms with Crippen molar-refractivity contribution in [3.05, 3.63) is 63.7 Å². The first-order valence-corrected chi connectivity index (χ1v) is 15.8. The molecule has 6 heteroatoms. The second-order valence-electron chi connectivity index (χ2n) is 12.5. The van der Waals surface area contributed by atoms with Gasteiger partial charge in [0.1, 0.15) is 0 Å². The quantitative estimate of drug-likeness (QED) is 0.112. The van der Waals surface area contributed by atoms with Gasteiger partial charge in [-0.1, -0.05) is 103 Å². The summed E-state index contributed by atoms with van der Waals surface area (Å²) in [6.45, 7) is 4.15. The lowest BCUT2D eigenvalue weighted by atomic mass is 9.76. The highest BCUT2D eigenvalue weighted by Gasteiger charge is 2.50. The lowest BCUT2D eigenvalue weighted by Crippen LogP contribution is -2.33. The molecule has 2 unspecified atom stereocenters. The van der Waals surface area contributed by atoms with Crippen LogP contribution in [0.15, 0.2) is 18.2 Å². The average Bonchev–Trinajstić information content (AvgIpc) is 3.73. The Morgan fingerprint density at radius 2 is 1.60 bits per heavy atom. The monoisotopic (exact) mass is 563 g/mol. The molecule has 1 heterocycles. The van der Waals surface area contributed by atoms with Gasteiger partial charge in [0.2, 0.25) is 5.95 Å². The minimum absolute atomic E-state index is 0.0787. The van der Waals surface area contributed by atoms with Gasteiger partial charge in [-0.2, -0.15) is 4.39 Å². The van der Waals surface area contributed by atoms with Crippen LogP contribution in [0.5, 0.6) is 0 Å². The molecular weight excluding hydrogens is 517 g/mol. The molecule has 1 aromatic heterocycles. The lowest BCUT2D eigenvalue weighted by Gasteiger charge is -2.34. The second kappa shape index (κ2) is 14.3. The van der Waals surface area contributed by atoms with E-state index in [0.717, 1.165) is 50.9 Å². The van der Waals surface area contributed by atoms with E-state index >= 15 is 17.6 Å². The number of hydrogen-bond donors (Lipinski definition) is 0. The van der Waals surface area contributed by atoms with Gasteiger partial charge in [-0.3, -0.25) is 0 Å². The Labute approximate surface area is 237 Å². The van der Waals surface area contributed by atoms with Crippen LogP contribution < -0.4 is 0 Å². The summed E-state index contributed by atoms with van der Waals surface area (Å²) in [7, 11) is 0. The highest BCUT2D eigenvalue weighted by atomic mass is 19.3. The number of pyridine rings is 1. The highest BCUT2D eigenvalue weighted by molar-refractivity contribution is 5.40. The SMILES string of the molecule is CCCCC(C)Cc1cc2c(c(F)n1)C(F)(F)C(c1ccc(CCCCCCCCCC3CC3)c(F)c1F)CC2. The molecule has 4 rings (SSSR count). The molecule has 0 saturated heterocycles. The first kappa shape index (κ1) is 31.0. The molecule has 222 valence electrons. The number of aromatic nitrogens is 1. The van der Waals surface area contributed by atoms with Crippen molar-refractivity contribution in [2.45, 2.75) is 135 Å². The van der Waals surface area contributed by atoms with Gasteiger partial charge in [0.25, 0.3) is 5.92 Å². The summed E-state index contributed by atoms with van der Waals surface area (Å²) in [5.74, 6) is -7.50. The number of halogens is 5.